The van der Waals surface area contributed by atoms with Crippen molar-refractivity contribution in [3.8, 4) is 0 Å². The molecule has 3 aromatic rings. The van der Waals surface area contributed by atoms with Crippen molar-refractivity contribution >= 4 is 27.6 Å². The number of hydrogen-bond acceptors (Lipinski definition) is 7. The number of benzene rings is 1. The van der Waals surface area contributed by atoms with Crippen LogP contribution in [0.15, 0.2) is 66.0 Å². The first-order valence-electron chi connectivity index (χ1n) is 14.9. The van der Waals surface area contributed by atoms with Gasteiger partial charge in [-0.3, -0.25) is 9.78 Å². The van der Waals surface area contributed by atoms with E-state index in [1.165, 1.54) is 31.3 Å². The van der Waals surface area contributed by atoms with E-state index >= 15 is 4.39 Å². The zero-order chi connectivity index (χ0) is 31.7. The van der Waals surface area contributed by atoms with E-state index in [0.29, 0.717) is 19.3 Å². The van der Waals surface area contributed by atoms with E-state index in [9.17, 15) is 17.6 Å². The molecule has 4 atom stereocenters. The van der Waals surface area contributed by atoms with E-state index in [0.717, 1.165) is 35.0 Å². The van der Waals surface area contributed by atoms with E-state index in [4.69, 9.17) is 10.7 Å². The predicted octanol–water partition coefficient (Wildman–Crippen LogP) is 5.40. The van der Waals surface area contributed by atoms with Crippen LogP contribution in [0.3, 0.4) is 0 Å². The minimum atomic E-state index is -4.13. The fourth-order valence-corrected chi connectivity index (χ4v) is 9.76. The van der Waals surface area contributed by atoms with Crippen LogP contribution in [-0.4, -0.2) is 46.4 Å². The van der Waals surface area contributed by atoms with Gasteiger partial charge in [0, 0.05) is 30.7 Å². The predicted molar refractivity (Wildman–Crippen MR) is 165 cm³/mol. The molecule has 1 aliphatic heterocycles. The van der Waals surface area contributed by atoms with Crippen LogP contribution in [0.25, 0.3) is 0 Å². The van der Waals surface area contributed by atoms with Crippen LogP contribution in [-0.2, 0) is 22.0 Å². The zero-order valence-corrected chi connectivity index (χ0v) is 25.9. The lowest BCUT2D eigenvalue weighted by atomic mass is 9.72. The van der Waals surface area contributed by atoms with Gasteiger partial charge in [-0.15, -0.1) is 0 Å². The minimum Gasteiger partial charge on any atom is -0.369 e. The fraction of sp³-hybridized carbons (Fsp3) is 0.438. The number of pyridine rings is 2. The zero-order valence-electron chi connectivity index (χ0n) is 25.1. The average Bonchev–Trinajstić information content (AvgIpc) is 3.35. The molecule has 1 fully saturated rings. The standard InChI is InChI=1S/C32H38F2N6O3S/c1-4-21(18-22-12-16-36-17-13-22)10-15-32-23(5-2)11-14-31(32,39-30(35)40(3)44(32,42)43)26-19-25(7-8-27(26)34)38-29(41)28-9-6-24(33)20-37-28/h6-9,12-13,16-17,19-21,23H,4-5,10-11,14-15,18H2,1-3H3,(H2,35,39)(H,38,41). The number of carbonyl (C=O) groups excluding carboxylic acids is 1. The Morgan fingerprint density at radius 1 is 1.16 bits per heavy atom. The van der Waals surface area contributed by atoms with E-state index in [1.807, 2.05) is 19.1 Å². The number of aromatic nitrogens is 2. The molecule has 1 aromatic carbocycles. The lowest BCUT2D eigenvalue weighted by Crippen LogP contribution is -2.65. The lowest BCUT2D eigenvalue weighted by Gasteiger charge is -2.51. The molecule has 4 unspecified atom stereocenters. The maximum atomic E-state index is 16.0. The molecule has 3 heterocycles. The topological polar surface area (TPSA) is 131 Å². The third-order valence-electron chi connectivity index (χ3n) is 9.56. The van der Waals surface area contributed by atoms with Gasteiger partial charge < -0.3 is 11.1 Å². The smallest absolute Gasteiger partial charge is 0.274 e. The summed E-state index contributed by atoms with van der Waals surface area (Å²) in [6.07, 6.45) is 8.18. The number of nitrogens with zero attached hydrogens (tertiary/aromatic N) is 4. The van der Waals surface area contributed by atoms with Crippen LogP contribution < -0.4 is 11.1 Å². The van der Waals surface area contributed by atoms with Crippen LogP contribution in [0.1, 0.15) is 74.0 Å². The monoisotopic (exact) mass is 624 g/mol. The Hall–Kier alpha value is -3.93. The molecule has 9 nitrogen and oxygen atoms in total. The Morgan fingerprint density at radius 2 is 1.91 bits per heavy atom. The normalized spacial score (nSPS) is 24.8. The van der Waals surface area contributed by atoms with Crippen molar-refractivity contribution in [2.24, 2.45) is 22.6 Å². The molecular formula is C32H38F2N6O3S. The Balaban J connectivity index is 1.60. The van der Waals surface area contributed by atoms with Crippen molar-refractivity contribution < 1.29 is 22.0 Å². The number of aliphatic imine (C=N–C) groups is 1. The van der Waals surface area contributed by atoms with Crippen molar-refractivity contribution in [1.29, 1.82) is 0 Å². The van der Waals surface area contributed by atoms with Crippen molar-refractivity contribution in [2.45, 2.75) is 69.1 Å². The summed E-state index contributed by atoms with van der Waals surface area (Å²) in [5, 5.41) is 2.69. The third-order valence-corrected chi connectivity index (χ3v) is 12.3. The van der Waals surface area contributed by atoms with Gasteiger partial charge in [-0.05, 0) is 92.0 Å². The highest BCUT2D eigenvalue weighted by Crippen LogP contribution is 2.62. The molecule has 1 amide bonds. The van der Waals surface area contributed by atoms with E-state index in [1.54, 1.807) is 12.4 Å². The van der Waals surface area contributed by atoms with Crippen LogP contribution in [0, 0.1) is 23.5 Å². The van der Waals surface area contributed by atoms with Gasteiger partial charge in [0.1, 0.15) is 27.6 Å². The number of nitrogens with one attached hydrogen (secondary N) is 1. The summed E-state index contributed by atoms with van der Waals surface area (Å²) in [6, 6.07) is 10.3. The molecule has 1 aliphatic carbocycles. The molecule has 1 saturated carbocycles. The Morgan fingerprint density at radius 3 is 2.57 bits per heavy atom. The second-order valence-electron chi connectivity index (χ2n) is 11.7. The summed E-state index contributed by atoms with van der Waals surface area (Å²) in [5.41, 5.74) is 6.15. The molecule has 0 bridgehead atoms. The summed E-state index contributed by atoms with van der Waals surface area (Å²) in [7, 11) is -2.72. The number of nitrogens with two attached hydrogens (primary N) is 1. The van der Waals surface area contributed by atoms with Gasteiger partial charge in [-0.25, -0.2) is 31.5 Å². The number of fused-ring (bicyclic) bond motifs is 1. The van der Waals surface area contributed by atoms with E-state index in [-0.39, 0.29) is 47.6 Å². The summed E-state index contributed by atoms with van der Waals surface area (Å²) >= 11 is 0. The first kappa shape index (κ1) is 31.5. The maximum absolute atomic E-state index is 16.0. The van der Waals surface area contributed by atoms with E-state index in [2.05, 4.69) is 22.2 Å². The largest absolute Gasteiger partial charge is 0.369 e. The molecule has 2 aromatic heterocycles. The lowest BCUT2D eigenvalue weighted by molar-refractivity contribution is 0.102. The van der Waals surface area contributed by atoms with Gasteiger partial charge in [0.15, 0.2) is 0 Å². The average molecular weight is 625 g/mol. The van der Waals surface area contributed by atoms with Crippen LogP contribution in [0.2, 0.25) is 0 Å². The second-order valence-corrected chi connectivity index (χ2v) is 13.9. The van der Waals surface area contributed by atoms with Crippen molar-refractivity contribution in [3.63, 3.8) is 0 Å². The number of hydrogen-bond donors (Lipinski definition) is 2. The van der Waals surface area contributed by atoms with Gasteiger partial charge in [-0.2, -0.15) is 0 Å². The maximum Gasteiger partial charge on any atom is 0.274 e. The highest BCUT2D eigenvalue weighted by atomic mass is 32.2. The number of sulfonamides is 1. The highest BCUT2D eigenvalue weighted by molar-refractivity contribution is 7.91. The minimum absolute atomic E-state index is 0.0272. The highest BCUT2D eigenvalue weighted by Gasteiger charge is 2.71. The molecule has 0 spiro atoms. The first-order valence-corrected chi connectivity index (χ1v) is 16.4. The Labute approximate surface area is 257 Å². The van der Waals surface area contributed by atoms with Crippen molar-refractivity contribution in [2.75, 3.05) is 12.4 Å². The van der Waals surface area contributed by atoms with Gasteiger partial charge in [0.2, 0.25) is 16.0 Å². The molecule has 0 saturated heterocycles. The molecule has 234 valence electrons. The van der Waals surface area contributed by atoms with Gasteiger partial charge in [0.25, 0.3) is 5.91 Å². The Bertz CT molecular complexity index is 1650. The first-order chi connectivity index (χ1) is 21.0. The number of halogens is 2. The quantitative estimate of drug-likeness (QED) is 0.311. The summed E-state index contributed by atoms with van der Waals surface area (Å²) in [6.45, 7) is 4.04. The van der Waals surface area contributed by atoms with Gasteiger partial charge in [-0.1, -0.05) is 26.7 Å². The van der Waals surface area contributed by atoms with Crippen LogP contribution in [0.4, 0.5) is 14.5 Å². The molecule has 0 radical (unpaired) electrons. The van der Waals surface area contributed by atoms with Crippen LogP contribution in [0.5, 0.6) is 0 Å². The van der Waals surface area contributed by atoms with Gasteiger partial charge in [0.05, 0.1) is 6.20 Å². The van der Waals surface area contributed by atoms with Gasteiger partial charge >= 0.3 is 0 Å². The number of anilines is 1. The summed E-state index contributed by atoms with van der Waals surface area (Å²) in [4.78, 5) is 25.7. The van der Waals surface area contributed by atoms with Crippen molar-refractivity contribution in [1.82, 2.24) is 14.3 Å². The number of guanidine groups is 1. The van der Waals surface area contributed by atoms with E-state index < -0.39 is 37.9 Å². The summed E-state index contributed by atoms with van der Waals surface area (Å²) < 4.78 is 58.3. The third kappa shape index (κ3) is 5.22. The van der Waals surface area contributed by atoms with Crippen LogP contribution >= 0.6 is 0 Å². The Kier molecular flexibility index (Phi) is 8.75. The molecular weight excluding hydrogens is 586 g/mol. The molecule has 5 rings (SSSR count). The fourth-order valence-electron chi connectivity index (χ4n) is 7.22. The molecule has 3 N–H and O–H groups in total. The van der Waals surface area contributed by atoms with Crippen molar-refractivity contribution in [3.05, 3.63) is 89.5 Å². The second kappa shape index (κ2) is 12.2. The molecule has 44 heavy (non-hydrogen) atoms. The summed E-state index contributed by atoms with van der Waals surface area (Å²) in [5.74, 6) is -2.19. The number of carbonyl (C=O) groups is 1. The number of amides is 1. The number of rotatable bonds is 10. The SMILES string of the molecule is CCC(CCC12C(CC)CCC1(c1cc(NC(=O)c3ccc(F)cn3)ccc1F)N=C(N)N(C)S2(=O)=O)Cc1ccncc1. The molecule has 12 heteroatoms. The molecule has 2 aliphatic rings.